The zero-order chi connectivity index (χ0) is 14.8. The molecule has 0 atom stereocenters. The maximum atomic E-state index is 12.3. The molecule has 0 amide bonds. The van der Waals surface area contributed by atoms with Crippen molar-refractivity contribution in [2.24, 2.45) is 5.73 Å². The third-order valence-electron chi connectivity index (χ3n) is 2.97. The summed E-state index contributed by atoms with van der Waals surface area (Å²) in [6, 6.07) is 7.32. The number of nitrogens with two attached hydrogens (primary N) is 1. The van der Waals surface area contributed by atoms with Crippen LogP contribution in [0.5, 0.6) is 0 Å². The summed E-state index contributed by atoms with van der Waals surface area (Å²) in [5.74, 6) is 0.325. The highest BCUT2D eigenvalue weighted by Gasteiger charge is 2.20. The molecule has 0 fully saturated rings. The number of aromatic nitrogens is 2. The van der Waals surface area contributed by atoms with Gasteiger partial charge in [0.05, 0.1) is 6.20 Å². The Labute approximate surface area is 118 Å². The van der Waals surface area contributed by atoms with Gasteiger partial charge in [0, 0.05) is 17.8 Å². The molecule has 0 saturated heterocycles. The average Bonchev–Trinajstić information content (AvgIpc) is 2.87. The fraction of sp³-hybridized carbons (Fsp3) is 0.308. The van der Waals surface area contributed by atoms with Crippen molar-refractivity contribution in [3.05, 3.63) is 41.6 Å². The van der Waals surface area contributed by atoms with Gasteiger partial charge < -0.3 is 5.73 Å². The first-order chi connectivity index (χ1) is 9.44. The van der Waals surface area contributed by atoms with E-state index in [1.165, 1.54) is 6.20 Å². The molecule has 0 spiro atoms. The lowest BCUT2D eigenvalue weighted by Gasteiger charge is -2.10. The first-order valence-corrected chi connectivity index (χ1v) is 7.77. The molecule has 0 aliphatic rings. The van der Waals surface area contributed by atoms with E-state index < -0.39 is 10.0 Å². The van der Waals surface area contributed by atoms with Gasteiger partial charge in [0.25, 0.3) is 10.0 Å². The van der Waals surface area contributed by atoms with E-state index in [1.54, 1.807) is 6.07 Å². The van der Waals surface area contributed by atoms with E-state index in [-0.39, 0.29) is 11.6 Å². The van der Waals surface area contributed by atoms with Crippen LogP contribution >= 0.6 is 0 Å². The average molecular weight is 294 g/mol. The van der Waals surface area contributed by atoms with Gasteiger partial charge in [-0.25, -0.2) is 0 Å². The molecule has 0 bridgehead atoms. The molecule has 0 aliphatic heterocycles. The Morgan fingerprint density at radius 3 is 2.80 bits per heavy atom. The minimum Gasteiger partial charge on any atom is -0.326 e. The van der Waals surface area contributed by atoms with Crippen molar-refractivity contribution in [2.75, 3.05) is 4.72 Å². The second-order valence-corrected chi connectivity index (χ2v) is 6.43. The lowest BCUT2D eigenvalue weighted by atomic mass is 10.0. The Morgan fingerprint density at radius 1 is 1.40 bits per heavy atom. The third kappa shape index (κ3) is 3.00. The van der Waals surface area contributed by atoms with E-state index >= 15 is 0 Å². The van der Waals surface area contributed by atoms with Crippen molar-refractivity contribution in [2.45, 2.75) is 31.3 Å². The Bertz CT molecular complexity index is 692. The van der Waals surface area contributed by atoms with Crippen molar-refractivity contribution in [3.63, 3.8) is 0 Å². The third-order valence-corrected chi connectivity index (χ3v) is 4.37. The zero-order valence-electron chi connectivity index (χ0n) is 11.4. The molecular formula is C13H18N4O2S. The summed E-state index contributed by atoms with van der Waals surface area (Å²) in [7, 11) is -3.70. The summed E-state index contributed by atoms with van der Waals surface area (Å²) < 4.78 is 27.1. The van der Waals surface area contributed by atoms with Gasteiger partial charge in [0.15, 0.2) is 5.03 Å². The monoisotopic (exact) mass is 294 g/mol. The van der Waals surface area contributed by atoms with Gasteiger partial charge in [0.2, 0.25) is 0 Å². The van der Waals surface area contributed by atoms with Crippen LogP contribution in [0.2, 0.25) is 0 Å². The summed E-state index contributed by atoms with van der Waals surface area (Å²) >= 11 is 0. The molecule has 108 valence electrons. The van der Waals surface area contributed by atoms with Crippen molar-refractivity contribution >= 4 is 15.7 Å². The first-order valence-electron chi connectivity index (χ1n) is 6.29. The second-order valence-electron chi connectivity index (χ2n) is 4.81. The summed E-state index contributed by atoms with van der Waals surface area (Å²) in [4.78, 5) is 0. The van der Waals surface area contributed by atoms with Crippen LogP contribution in [0, 0.1) is 0 Å². The molecular weight excluding hydrogens is 276 g/mol. The summed E-state index contributed by atoms with van der Waals surface area (Å²) in [5.41, 5.74) is 7.54. The number of H-pyrrole nitrogens is 1. The van der Waals surface area contributed by atoms with Crippen LogP contribution in [0.4, 0.5) is 5.69 Å². The quantitative estimate of drug-likeness (QED) is 0.782. The van der Waals surface area contributed by atoms with Gasteiger partial charge in [-0.05, 0) is 23.6 Å². The van der Waals surface area contributed by atoms with Gasteiger partial charge in [0.1, 0.15) is 0 Å². The number of aromatic amines is 1. The van der Waals surface area contributed by atoms with Crippen molar-refractivity contribution < 1.29 is 8.42 Å². The number of sulfonamides is 1. The van der Waals surface area contributed by atoms with Gasteiger partial charge in [-0.15, -0.1) is 0 Å². The van der Waals surface area contributed by atoms with E-state index in [9.17, 15) is 8.42 Å². The summed E-state index contributed by atoms with van der Waals surface area (Å²) in [6.45, 7) is 4.21. The number of nitrogens with one attached hydrogen (secondary N) is 2. The Hall–Kier alpha value is -1.86. The molecule has 1 aromatic heterocycles. The number of nitrogens with zero attached hydrogens (tertiary/aromatic N) is 1. The molecule has 1 heterocycles. The van der Waals surface area contributed by atoms with Crippen LogP contribution in [0.25, 0.3) is 0 Å². The van der Waals surface area contributed by atoms with E-state index in [2.05, 4.69) is 28.8 Å². The highest BCUT2D eigenvalue weighted by atomic mass is 32.2. The minimum atomic E-state index is -3.70. The van der Waals surface area contributed by atoms with Crippen molar-refractivity contribution in [3.8, 4) is 0 Å². The van der Waals surface area contributed by atoms with Crippen LogP contribution in [-0.4, -0.2) is 18.6 Å². The zero-order valence-corrected chi connectivity index (χ0v) is 12.2. The van der Waals surface area contributed by atoms with Crippen molar-refractivity contribution in [1.82, 2.24) is 10.2 Å². The number of anilines is 1. The van der Waals surface area contributed by atoms with Crippen LogP contribution in [0.3, 0.4) is 0 Å². The molecule has 0 unspecified atom stereocenters. The second kappa shape index (κ2) is 5.64. The standard InChI is InChI=1S/C13H18N4O2S/c1-9(2)10-4-3-5-12(6-10)17-20(18,19)13-11(7-14)8-15-16-13/h3-6,8-9,17H,7,14H2,1-2H3,(H,15,16). The predicted octanol–water partition coefficient (Wildman–Crippen LogP) is 1.79. The lowest BCUT2D eigenvalue weighted by Crippen LogP contribution is -2.16. The van der Waals surface area contributed by atoms with Gasteiger partial charge in [-0.1, -0.05) is 26.0 Å². The maximum Gasteiger partial charge on any atom is 0.279 e. The normalized spacial score (nSPS) is 11.8. The Balaban J connectivity index is 2.31. The van der Waals surface area contributed by atoms with E-state index in [1.807, 2.05) is 18.2 Å². The van der Waals surface area contributed by atoms with Crippen LogP contribution in [0.15, 0.2) is 35.5 Å². The summed E-state index contributed by atoms with van der Waals surface area (Å²) in [5, 5.41) is 6.21. The van der Waals surface area contributed by atoms with E-state index in [4.69, 9.17) is 5.73 Å². The number of rotatable bonds is 5. The molecule has 6 nitrogen and oxygen atoms in total. The van der Waals surface area contributed by atoms with Crippen LogP contribution < -0.4 is 10.5 Å². The predicted molar refractivity (Wildman–Crippen MR) is 77.8 cm³/mol. The van der Waals surface area contributed by atoms with Gasteiger partial charge >= 0.3 is 0 Å². The topological polar surface area (TPSA) is 101 Å². The van der Waals surface area contributed by atoms with Crippen LogP contribution in [-0.2, 0) is 16.6 Å². The fourth-order valence-electron chi connectivity index (χ4n) is 1.84. The smallest absolute Gasteiger partial charge is 0.279 e. The first kappa shape index (κ1) is 14.5. The van der Waals surface area contributed by atoms with Gasteiger partial charge in [-0.2, -0.15) is 13.5 Å². The molecule has 20 heavy (non-hydrogen) atoms. The minimum absolute atomic E-state index is 0.00921. The van der Waals surface area contributed by atoms with Gasteiger partial charge in [-0.3, -0.25) is 9.82 Å². The molecule has 1 aromatic carbocycles. The highest BCUT2D eigenvalue weighted by molar-refractivity contribution is 7.92. The Kier molecular flexibility index (Phi) is 4.10. The largest absolute Gasteiger partial charge is 0.326 e. The highest BCUT2D eigenvalue weighted by Crippen LogP contribution is 2.21. The number of hydrogen-bond acceptors (Lipinski definition) is 4. The SMILES string of the molecule is CC(C)c1cccc(NS(=O)(=O)c2[nH]ncc2CN)c1. The fourth-order valence-corrected chi connectivity index (χ4v) is 3.04. The van der Waals surface area contributed by atoms with E-state index in [0.717, 1.165) is 5.56 Å². The Morgan fingerprint density at radius 2 is 2.15 bits per heavy atom. The molecule has 0 aliphatic carbocycles. The number of benzene rings is 1. The lowest BCUT2D eigenvalue weighted by molar-refractivity contribution is 0.596. The molecule has 2 rings (SSSR count). The molecule has 7 heteroatoms. The van der Waals surface area contributed by atoms with Crippen LogP contribution in [0.1, 0.15) is 30.9 Å². The molecule has 4 N–H and O–H groups in total. The summed E-state index contributed by atoms with van der Waals surface area (Å²) in [6.07, 6.45) is 1.42. The van der Waals surface area contributed by atoms with E-state index in [0.29, 0.717) is 17.2 Å². The molecule has 0 saturated carbocycles. The van der Waals surface area contributed by atoms with Crippen molar-refractivity contribution in [1.29, 1.82) is 0 Å². The molecule has 0 radical (unpaired) electrons. The number of hydrogen-bond donors (Lipinski definition) is 3. The molecule has 2 aromatic rings. The maximum absolute atomic E-state index is 12.3.